The SMILES string of the molecule is CCOC(=O)Cc1csc(NC(=O)c2csc3nc(-c4ccc(OC)cc4)cn23)n1. The zero-order valence-electron chi connectivity index (χ0n) is 16.2. The Hall–Kier alpha value is -3.24. The molecule has 0 spiro atoms. The second kappa shape index (κ2) is 8.64. The Morgan fingerprint density at radius 3 is 2.67 bits per heavy atom. The monoisotopic (exact) mass is 442 g/mol. The third kappa shape index (κ3) is 4.19. The van der Waals surface area contributed by atoms with Gasteiger partial charge in [0.25, 0.3) is 5.91 Å². The smallest absolute Gasteiger partial charge is 0.311 e. The molecule has 0 saturated carbocycles. The van der Waals surface area contributed by atoms with Crippen molar-refractivity contribution in [2.24, 2.45) is 0 Å². The second-order valence-corrected chi connectivity index (χ2v) is 7.90. The third-order valence-corrected chi connectivity index (χ3v) is 5.88. The van der Waals surface area contributed by atoms with E-state index in [1.165, 1.54) is 22.7 Å². The normalized spacial score (nSPS) is 10.9. The maximum Gasteiger partial charge on any atom is 0.311 e. The van der Waals surface area contributed by atoms with Gasteiger partial charge in [0.2, 0.25) is 0 Å². The van der Waals surface area contributed by atoms with E-state index in [0.717, 1.165) is 17.0 Å². The summed E-state index contributed by atoms with van der Waals surface area (Å²) in [4.78, 5) is 33.9. The van der Waals surface area contributed by atoms with Gasteiger partial charge < -0.3 is 9.47 Å². The van der Waals surface area contributed by atoms with E-state index in [4.69, 9.17) is 9.47 Å². The lowest BCUT2D eigenvalue weighted by atomic mass is 10.2. The van der Waals surface area contributed by atoms with Crippen LogP contribution < -0.4 is 10.1 Å². The van der Waals surface area contributed by atoms with E-state index in [0.29, 0.717) is 28.1 Å². The molecule has 154 valence electrons. The number of hydrogen-bond donors (Lipinski definition) is 1. The fourth-order valence-electron chi connectivity index (χ4n) is 2.81. The van der Waals surface area contributed by atoms with Crippen LogP contribution in [0.2, 0.25) is 0 Å². The van der Waals surface area contributed by atoms with Crippen LogP contribution in [0.5, 0.6) is 5.75 Å². The number of hydrogen-bond acceptors (Lipinski definition) is 8. The van der Waals surface area contributed by atoms with Crippen LogP contribution in [0.1, 0.15) is 23.1 Å². The second-order valence-electron chi connectivity index (χ2n) is 6.21. The Labute approximate surface area is 180 Å². The molecule has 8 nitrogen and oxygen atoms in total. The molecule has 0 saturated heterocycles. The van der Waals surface area contributed by atoms with Gasteiger partial charge in [0.05, 0.1) is 31.5 Å². The lowest BCUT2D eigenvalue weighted by Crippen LogP contribution is -2.14. The number of benzene rings is 1. The number of anilines is 1. The van der Waals surface area contributed by atoms with Gasteiger partial charge in [-0.25, -0.2) is 9.97 Å². The van der Waals surface area contributed by atoms with Crippen molar-refractivity contribution in [2.75, 3.05) is 19.0 Å². The first-order valence-electron chi connectivity index (χ1n) is 9.09. The Kier molecular flexibility index (Phi) is 5.77. The van der Waals surface area contributed by atoms with Crippen molar-refractivity contribution in [3.05, 3.63) is 52.6 Å². The molecular formula is C20H18N4O4S2. The maximum absolute atomic E-state index is 12.8. The molecule has 1 aromatic carbocycles. The Morgan fingerprint density at radius 2 is 1.93 bits per heavy atom. The summed E-state index contributed by atoms with van der Waals surface area (Å²) in [6, 6.07) is 7.58. The van der Waals surface area contributed by atoms with Gasteiger partial charge in [-0.1, -0.05) is 0 Å². The topological polar surface area (TPSA) is 94.8 Å². The molecule has 1 amide bonds. The van der Waals surface area contributed by atoms with Crippen molar-refractivity contribution in [1.29, 1.82) is 0 Å². The van der Waals surface area contributed by atoms with E-state index < -0.39 is 0 Å². The highest BCUT2D eigenvalue weighted by molar-refractivity contribution is 7.15. The quantitative estimate of drug-likeness (QED) is 0.437. The summed E-state index contributed by atoms with van der Waals surface area (Å²) in [7, 11) is 1.62. The predicted molar refractivity (Wildman–Crippen MR) is 115 cm³/mol. The number of nitrogens with one attached hydrogen (secondary N) is 1. The summed E-state index contributed by atoms with van der Waals surface area (Å²) in [5, 5.41) is 6.69. The van der Waals surface area contributed by atoms with Gasteiger partial charge in [-0.3, -0.25) is 19.3 Å². The first kappa shape index (κ1) is 20.0. The summed E-state index contributed by atoms with van der Waals surface area (Å²) in [6.45, 7) is 2.08. The molecule has 30 heavy (non-hydrogen) atoms. The van der Waals surface area contributed by atoms with Crippen molar-refractivity contribution < 1.29 is 19.1 Å². The van der Waals surface area contributed by atoms with Crippen LogP contribution in [-0.4, -0.2) is 40.0 Å². The number of methoxy groups -OCH3 is 1. The van der Waals surface area contributed by atoms with Crippen LogP contribution in [0.4, 0.5) is 5.13 Å². The number of ether oxygens (including phenoxy) is 2. The number of rotatable bonds is 7. The Balaban J connectivity index is 1.50. The standard InChI is InChI=1S/C20H18N4O4S2/c1-3-28-17(25)8-13-10-29-19(21-13)23-18(26)16-11-30-20-22-15(9-24(16)20)12-4-6-14(27-2)7-5-12/h4-7,9-11H,3,8H2,1-2H3,(H,21,23,26). The molecule has 4 aromatic rings. The molecule has 10 heteroatoms. The van der Waals surface area contributed by atoms with Crippen LogP contribution in [0.15, 0.2) is 41.2 Å². The van der Waals surface area contributed by atoms with Crippen LogP contribution in [0.3, 0.4) is 0 Å². The average Bonchev–Trinajstić information content (AvgIpc) is 3.44. The number of amides is 1. The van der Waals surface area contributed by atoms with Crippen LogP contribution in [0, 0.1) is 0 Å². The first-order valence-corrected chi connectivity index (χ1v) is 10.9. The van der Waals surface area contributed by atoms with Gasteiger partial charge in [0, 0.05) is 22.5 Å². The first-order chi connectivity index (χ1) is 14.6. The number of carbonyl (C=O) groups is 2. The summed E-state index contributed by atoms with van der Waals surface area (Å²) in [6.07, 6.45) is 1.91. The third-order valence-electron chi connectivity index (χ3n) is 4.23. The summed E-state index contributed by atoms with van der Waals surface area (Å²) < 4.78 is 11.9. The fraction of sp³-hybridized carbons (Fsp3) is 0.200. The predicted octanol–water partition coefficient (Wildman–Crippen LogP) is 3.89. The minimum atomic E-state index is -0.343. The zero-order valence-corrected chi connectivity index (χ0v) is 17.9. The lowest BCUT2D eigenvalue weighted by molar-refractivity contribution is -0.142. The number of aromatic nitrogens is 3. The fourth-order valence-corrected chi connectivity index (χ4v) is 4.37. The van der Waals surface area contributed by atoms with Crippen molar-refractivity contribution in [2.45, 2.75) is 13.3 Å². The van der Waals surface area contributed by atoms with Gasteiger partial charge in [-0.15, -0.1) is 22.7 Å². The highest BCUT2D eigenvalue weighted by Crippen LogP contribution is 2.26. The molecule has 3 heterocycles. The molecule has 0 unspecified atom stereocenters. The molecule has 3 aromatic heterocycles. The van der Waals surface area contributed by atoms with Gasteiger partial charge in [0.1, 0.15) is 11.4 Å². The van der Waals surface area contributed by atoms with E-state index in [1.807, 2.05) is 30.5 Å². The van der Waals surface area contributed by atoms with Gasteiger partial charge >= 0.3 is 5.97 Å². The molecule has 0 aliphatic heterocycles. The number of fused-ring (bicyclic) bond motifs is 1. The Morgan fingerprint density at radius 1 is 1.13 bits per heavy atom. The van der Waals surface area contributed by atoms with E-state index in [-0.39, 0.29) is 18.3 Å². The largest absolute Gasteiger partial charge is 0.497 e. The molecule has 0 atom stereocenters. The minimum Gasteiger partial charge on any atom is -0.497 e. The van der Waals surface area contributed by atoms with Crippen molar-refractivity contribution in [1.82, 2.24) is 14.4 Å². The molecular weight excluding hydrogens is 424 g/mol. The molecule has 0 aliphatic rings. The van der Waals surface area contributed by atoms with Crippen LogP contribution in [-0.2, 0) is 16.0 Å². The molecule has 0 radical (unpaired) electrons. The van der Waals surface area contributed by atoms with Crippen molar-refractivity contribution in [3.8, 4) is 17.0 Å². The summed E-state index contributed by atoms with van der Waals surface area (Å²) in [5.74, 6) is 0.132. The van der Waals surface area contributed by atoms with E-state index >= 15 is 0 Å². The molecule has 0 aliphatic carbocycles. The highest BCUT2D eigenvalue weighted by Gasteiger charge is 2.17. The highest BCUT2D eigenvalue weighted by atomic mass is 32.1. The van der Waals surface area contributed by atoms with Crippen molar-refractivity contribution >= 4 is 44.6 Å². The van der Waals surface area contributed by atoms with E-state index in [9.17, 15) is 9.59 Å². The summed E-state index contributed by atoms with van der Waals surface area (Å²) >= 11 is 2.65. The summed E-state index contributed by atoms with van der Waals surface area (Å²) in [5.41, 5.74) is 2.73. The molecule has 0 fully saturated rings. The minimum absolute atomic E-state index is 0.0790. The Bertz CT molecular complexity index is 1190. The lowest BCUT2D eigenvalue weighted by Gasteiger charge is -2.01. The van der Waals surface area contributed by atoms with E-state index in [1.54, 1.807) is 29.2 Å². The number of esters is 1. The molecule has 0 bridgehead atoms. The van der Waals surface area contributed by atoms with Crippen LogP contribution in [0.25, 0.3) is 16.2 Å². The number of nitrogens with zero attached hydrogens (tertiary/aromatic N) is 3. The van der Waals surface area contributed by atoms with Crippen molar-refractivity contribution in [3.63, 3.8) is 0 Å². The molecule has 4 rings (SSSR count). The van der Waals surface area contributed by atoms with E-state index in [2.05, 4.69) is 15.3 Å². The average molecular weight is 443 g/mol. The maximum atomic E-state index is 12.8. The van der Waals surface area contributed by atoms with Crippen LogP contribution >= 0.6 is 22.7 Å². The van der Waals surface area contributed by atoms with Gasteiger partial charge in [-0.05, 0) is 31.2 Å². The van der Waals surface area contributed by atoms with Gasteiger partial charge in [-0.2, -0.15) is 0 Å². The zero-order chi connectivity index (χ0) is 21.1. The number of imidazole rings is 1. The molecule has 1 N–H and O–H groups in total. The number of thiazole rings is 2. The van der Waals surface area contributed by atoms with Gasteiger partial charge in [0.15, 0.2) is 10.1 Å². The number of carbonyl (C=O) groups excluding carboxylic acids is 2.